The van der Waals surface area contributed by atoms with Crippen molar-refractivity contribution in [1.82, 2.24) is 19.0 Å². The van der Waals surface area contributed by atoms with Gasteiger partial charge in [-0.25, -0.2) is 4.98 Å². The van der Waals surface area contributed by atoms with Crippen LogP contribution in [0.5, 0.6) is 5.75 Å². The molecule has 0 radical (unpaired) electrons. The molecule has 0 unspecified atom stereocenters. The second-order valence-corrected chi connectivity index (χ2v) is 13.3. The summed E-state index contributed by atoms with van der Waals surface area (Å²) in [6.07, 6.45) is 5.20. The monoisotopic (exact) mass is 570 g/mol. The molecule has 4 aromatic rings. The normalized spacial score (nSPS) is 22.0. The number of aliphatic hydroxyl groups is 1. The molecule has 1 amide bonds. The average Bonchev–Trinajstić information content (AvgIpc) is 3.34. The molecule has 1 aliphatic heterocycles. The third kappa shape index (κ3) is 4.63. The number of amides is 1. The highest BCUT2D eigenvalue weighted by Gasteiger charge is 2.47. The number of benzene rings is 2. The fourth-order valence-corrected chi connectivity index (χ4v) is 7.17. The van der Waals surface area contributed by atoms with Gasteiger partial charge in [-0.05, 0) is 82.1 Å². The van der Waals surface area contributed by atoms with Gasteiger partial charge in [-0.1, -0.05) is 12.1 Å². The van der Waals surface area contributed by atoms with Crippen LogP contribution >= 0.6 is 0 Å². The van der Waals surface area contributed by atoms with Crippen LogP contribution in [-0.2, 0) is 13.6 Å². The molecule has 3 aliphatic rings. The number of nitrogens with two attached hydrogens (primary N) is 1. The van der Waals surface area contributed by atoms with Crippen LogP contribution in [-0.4, -0.2) is 67.9 Å². The number of nitrogens with zero attached hydrogens (tertiary/aromatic N) is 4. The van der Waals surface area contributed by atoms with Crippen LogP contribution in [0.2, 0.25) is 0 Å². The lowest BCUT2D eigenvalue weighted by molar-refractivity contribution is 0.0699. The van der Waals surface area contributed by atoms with E-state index in [-0.39, 0.29) is 18.0 Å². The molecule has 2 bridgehead atoms. The summed E-state index contributed by atoms with van der Waals surface area (Å²) in [6, 6.07) is 12.5. The lowest BCUT2D eigenvalue weighted by Crippen LogP contribution is -2.41. The molecule has 9 nitrogen and oxygen atoms in total. The van der Waals surface area contributed by atoms with Gasteiger partial charge in [0.05, 0.1) is 35.1 Å². The Hall–Kier alpha value is -3.56. The number of fused-ring (bicyclic) bond motifs is 4. The summed E-state index contributed by atoms with van der Waals surface area (Å²) in [6.45, 7) is 6.01. The number of methoxy groups -OCH3 is 1. The molecule has 2 aliphatic carbocycles. The molecule has 42 heavy (non-hydrogen) atoms. The molecule has 7 rings (SSSR count). The number of imidazole rings is 1. The number of anilines is 1. The zero-order valence-electron chi connectivity index (χ0n) is 25.1. The highest BCUT2D eigenvalue weighted by Crippen LogP contribution is 2.41. The topological polar surface area (TPSA) is 111 Å². The largest absolute Gasteiger partial charge is 0.494 e. The third-order valence-corrected chi connectivity index (χ3v) is 9.65. The maximum absolute atomic E-state index is 13.7. The summed E-state index contributed by atoms with van der Waals surface area (Å²) in [5, 5.41) is 15.0. The summed E-state index contributed by atoms with van der Waals surface area (Å²) < 4.78 is 10.4. The van der Waals surface area contributed by atoms with Crippen molar-refractivity contribution in [3.63, 3.8) is 0 Å². The van der Waals surface area contributed by atoms with E-state index in [1.54, 1.807) is 7.11 Å². The fourth-order valence-electron chi connectivity index (χ4n) is 7.17. The number of aromatic nitrogens is 3. The zero-order valence-corrected chi connectivity index (χ0v) is 25.1. The predicted molar refractivity (Wildman–Crippen MR) is 166 cm³/mol. The van der Waals surface area contributed by atoms with E-state index in [4.69, 9.17) is 15.5 Å². The lowest BCUT2D eigenvalue weighted by atomic mass is 10.1. The van der Waals surface area contributed by atoms with Crippen LogP contribution in [0.25, 0.3) is 33.5 Å². The highest BCUT2D eigenvalue weighted by molar-refractivity contribution is 6.01. The minimum atomic E-state index is -0.727. The quantitative estimate of drug-likeness (QED) is 0.268. The number of carbonyl (C=O) groups is 1. The van der Waals surface area contributed by atoms with Gasteiger partial charge < -0.3 is 34.9 Å². The van der Waals surface area contributed by atoms with Crippen LogP contribution in [0, 0.1) is 11.8 Å². The summed E-state index contributed by atoms with van der Waals surface area (Å²) in [4.78, 5) is 20.8. The highest BCUT2D eigenvalue weighted by atomic mass is 16.5. The van der Waals surface area contributed by atoms with Crippen molar-refractivity contribution in [2.24, 2.45) is 24.6 Å². The minimum absolute atomic E-state index is 0.00896. The predicted octanol–water partition coefficient (Wildman–Crippen LogP) is 4.75. The number of aryl methyl sites for hydroxylation is 1. The third-order valence-electron chi connectivity index (χ3n) is 9.65. The Morgan fingerprint density at radius 3 is 2.64 bits per heavy atom. The van der Waals surface area contributed by atoms with E-state index in [9.17, 15) is 9.90 Å². The van der Waals surface area contributed by atoms with Crippen LogP contribution < -0.4 is 15.8 Å². The smallest absolute Gasteiger partial charge is 0.254 e. The first-order valence-electron chi connectivity index (χ1n) is 15.3. The van der Waals surface area contributed by atoms with Crippen LogP contribution in [0.15, 0.2) is 36.4 Å². The maximum Gasteiger partial charge on any atom is 0.254 e. The van der Waals surface area contributed by atoms with Gasteiger partial charge in [-0.2, -0.15) is 0 Å². The summed E-state index contributed by atoms with van der Waals surface area (Å²) in [7, 11) is 3.67. The van der Waals surface area contributed by atoms with Crippen molar-refractivity contribution in [3.05, 3.63) is 42.0 Å². The zero-order chi connectivity index (χ0) is 29.3. The second-order valence-electron chi connectivity index (χ2n) is 13.3. The molecule has 9 heteroatoms. The standard InChI is InChI=1S/C33H42N6O3/c1-33(2,41)12-13-35-23-7-5-6-20-15-26(38(29(20)23)17-19-8-9-19)31-36-24-14-22(16-27(42-4)30(24)37(31)3)32(40)39-18-21-10-11-25(39)28(21)34/h5-7,14-16,19,21,25,28,35,41H,8-13,17-18,34H2,1-4H3/t21-,25-,28-/m1/s1. The van der Waals surface area contributed by atoms with Crippen molar-refractivity contribution >= 4 is 33.5 Å². The van der Waals surface area contributed by atoms with E-state index in [0.29, 0.717) is 36.1 Å². The molecule has 4 N–H and O–H groups in total. The SMILES string of the molecule is COc1cc(C(=O)N2C[C@H]3CC[C@@H]2[C@@H]3N)cc2nc(-c3cc4cccc(NCCC(C)(C)O)c4n3CC3CC3)n(C)c12. The molecule has 3 heterocycles. The number of carbonyl (C=O) groups excluding carboxylic acids is 1. The van der Waals surface area contributed by atoms with E-state index < -0.39 is 5.60 Å². The van der Waals surface area contributed by atoms with Gasteiger partial charge in [0.25, 0.3) is 5.91 Å². The number of hydrogen-bond acceptors (Lipinski definition) is 6. The van der Waals surface area contributed by atoms with E-state index in [2.05, 4.69) is 38.7 Å². The Labute approximate surface area is 246 Å². The van der Waals surface area contributed by atoms with E-state index in [0.717, 1.165) is 65.1 Å². The molecule has 3 atom stereocenters. The number of piperidine rings is 1. The van der Waals surface area contributed by atoms with Crippen molar-refractivity contribution in [3.8, 4) is 17.3 Å². The summed E-state index contributed by atoms with van der Waals surface area (Å²) in [5.74, 6) is 2.54. The Bertz CT molecular complexity index is 1680. The number of likely N-dealkylation sites (tertiary alicyclic amines) is 1. The molecular formula is C33H42N6O3. The number of hydrogen-bond donors (Lipinski definition) is 3. The molecule has 3 fully saturated rings. The number of para-hydroxylation sites is 1. The molecule has 2 aromatic carbocycles. The van der Waals surface area contributed by atoms with Crippen molar-refractivity contribution < 1.29 is 14.6 Å². The maximum atomic E-state index is 13.7. The average molecular weight is 571 g/mol. The van der Waals surface area contributed by atoms with E-state index >= 15 is 0 Å². The Balaban J connectivity index is 1.31. The van der Waals surface area contributed by atoms with E-state index in [1.165, 1.54) is 12.8 Å². The van der Waals surface area contributed by atoms with Gasteiger partial charge in [-0.15, -0.1) is 0 Å². The molecule has 2 saturated carbocycles. The van der Waals surface area contributed by atoms with Gasteiger partial charge in [0.2, 0.25) is 0 Å². The van der Waals surface area contributed by atoms with Crippen LogP contribution in [0.3, 0.4) is 0 Å². The second kappa shape index (κ2) is 10.0. The summed E-state index contributed by atoms with van der Waals surface area (Å²) >= 11 is 0. The fraction of sp³-hybridized carbons (Fsp3) is 0.515. The van der Waals surface area contributed by atoms with Gasteiger partial charge in [0.15, 0.2) is 5.82 Å². The van der Waals surface area contributed by atoms with Crippen molar-refractivity contribution in [2.45, 2.75) is 70.2 Å². The first-order chi connectivity index (χ1) is 20.1. The first-order valence-corrected chi connectivity index (χ1v) is 15.3. The number of rotatable bonds is 9. The van der Waals surface area contributed by atoms with Crippen LogP contribution in [0.4, 0.5) is 5.69 Å². The molecular weight excluding hydrogens is 528 g/mol. The molecule has 222 valence electrons. The number of nitrogens with one attached hydrogen (secondary N) is 1. The first kappa shape index (κ1) is 27.3. The van der Waals surface area contributed by atoms with Gasteiger partial charge in [0.1, 0.15) is 11.3 Å². The van der Waals surface area contributed by atoms with Gasteiger partial charge >= 0.3 is 0 Å². The van der Waals surface area contributed by atoms with Crippen LogP contribution in [0.1, 0.15) is 56.3 Å². The van der Waals surface area contributed by atoms with E-state index in [1.807, 2.05) is 37.9 Å². The Morgan fingerprint density at radius 2 is 1.98 bits per heavy atom. The molecule has 2 aromatic heterocycles. The van der Waals surface area contributed by atoms with Crippen molar-refractivity contribution in [1.29, 1.82) is 0 Å². The molecule has 1 saturated heterocycles. The van der Waals surface area contributed by atoms with Gasteiger partial charge in [-0.3, -0.25) is 4.79 Å². The van der Waals surface area contributed by atoms with Gasteiger partial charge in [0, 0.05) is 49.7 Å². The van der Waals surface area contributed by atoms with Crippen molar-refractivity contribution in [2.75, 3.05) is 25.5 Å². The minimum Gasteiger partial charge on any atom is -0.494 e. The molecule has 0 spiro atoms. The number of ether oxygens (including phenoxy) is 1. The Kier molecular flexibility index (Phi) is 6.51. The summed E-state index contributed by atoms with van der Waals surface area (Å²) in [5.41, 5.74) is 11.2. The lowest BCUT2D eigenvalue weighted by Gasteiger charge is -2.27. The Morgan fingerprint density at radius 1 is 1.17 bits per heavy atom.